The second kappa shape index (κ2) is 5.63. The van der Waals surface area contributed by atoms with Crippen molar-refractivity contribution in [3.63, 3.8) is 0 Å². The molecule has 0 aliphatic heterocycles. The van der Waals surface area contributed by atoms with Gasteiger partial charge in [-0.15, -0.1) is 0 Å². The minimum Gasteiger partial charge on any atom is -0.334 e. The molecule has 0 unspecified atom stereocenters. The van der Waals surface area contributed by atoms with E-state index in [1.165, 1.54) is 12.1 Å². The van der Waals surface area contributed by atoms with Gasteiger partial charge in [0.05, 0.1) is 23.0 Å². The summed E-state index contributed by atoms with van der Waals surface area (Å²) < 4.78 is 59.7. The van der Waals surface area contributed by atoms with Gasteiger partial charge in [-0.2, -0.15) is 23.3 Å². The minimum atomic E-state index is -4.74. The molecule has 1 aromatic carbocycles. The van der Waals surface area contributed by atoms with Crippen LogP contribution in [0.2, 0.25) is 0 Å². The number of aromatic nitrogens is 4. The summed E-state index contributed by atoms with van der Waals surface area (Å²) in [4.78, 5) is 4.05. The van der Waals surface area contributed by atoms with E-state index in [9.17, 15) is 17.6 Å². The Morgan fingerprint density at radius 3 is 2.42 bits per heavy atom. The van der Waals surface area contributed by atoms with E-state index in [1.54, 1.807) is 0 Å². The first-order valence-corrected chi connectivity index (χ1v) is 7.82. The fourth-order valence-corrected chi connectivity index (χ4v) is 2.87. The predicted molar refractivity (Wildman–Crippen MR) is 81.5 cm³/mol. The van der Waals surface area contributed by atoms with Gasteiger partial charge in [0.2, 0.25) is 0 Å². The summed E-state index contributed by atoms with van der Waals surface area (Å²) in [5, 5.41) is 7.52. The third-order valence-corrected chi connectivity index (χ3v) is 4.46. The summed E-state index contributed by atoms with van der Waals surface area (Å²) in [6, 6.07) is 4.50. The predicted octanol–water partition coefficient (Wildman–Crippen LogP) is 3.42. The molecule has 136 valence electrons. The molecule has 0 amide bonds. The first-order chi connectivity index (χ1) is 12.3. The van der Waals surface area contributed by atoms with Crippen molar-refractivity contribution in [1.29, 1.82) is 0 Å². The van der Waals surface area contributed by atoms with E-state index in [2.05, 4.69) is 15.2 Å². The van der Waals surface area contributed by atoms with E-state index in [1.807, 2.05) is 0 Å². The molecule has 0 bridgehead atoms. The molecule has 1 aliphatic rings. The summed E-state index contributed by atoms with van der Waals surface area (Å²) in [5.41, 5.74) is 3.94. The van der Waals surface area contributed by atoms with Crippen LogP contribution in [0.15, 0.2) is 35.0 Å². The van der Waals surface area contributed by atoms with Crippen LogP contribution in [0.1, 0.15) is 30.8 Å². The van der Waals surface area contributed by atoms with Crippen molar-refractivity contribution in [2.24, 2.45) is 5.73 Å². The van der Waals surface area contributed by atoms with Crippen molar-refractivity contribution in [3.8, 4) is 17.1 Å². The lowest BCUT2D eigenvalue weighted by Crippen LogP contribution is -2.44. The smallest absolute Gasteiger partial charge is 0.334 e. The van der Waals surface area contributed by atoms with Crippen LogP contribution in [-0.2, 0) is 11.7 Å². The van der Waals surface area contributed by atoms with E-state index >= 15 is 0 Å². The van der Waals surface area contributed by atoms with Gasteiger partial charge in [-0.05, 0) is 43.5 Å². The molecule has 2 N–H and O–H groups in total. The number of benzene rings is 1. The fraction of sp³-hybridized carbons (Fsp3) is 0.312. The number of nitrogens with zero attached hydrogens (tertiary/aromatic N) is 4. The normalized spacial score (nSPS) is 16.5. The van der Waals surface area contributed by atoms with Gasteiger partial charge in [0.15, 0.2) is 11.5 Å². The van der Waals surface area contributed by atoms with E-state index in [4.69, 9.17) is 10.3 Å². The molecule has 10 heteroatoms. The Hall–Kier alpha value is -2.75. The molecule has 0 atom stereocenters. The van der Waals surface area contributed by atoms with Crippen molar-refractivity contribution in [2.75, 3.05) is 0 Å². The lowest BCUT2D eigenvalue weighted by atomic mass is 9.77. The molecule has 3 aromatic rings. The Labute approximate surface area is 144 Å². The van der Waals surface area contributed by atoms with Gasteiger partial charge >= 0.3 is 6.18 Å². The summed E-state index contributed by atoms with van der Waals surface area (Å²) >= 11 is 0. The third-order valence-electron chi connectivity index (χ3n) is 4.46. The maximum atomic E-state index is 13.7. The number of alkyl halides is 3. The monoisotopic (exact) mass is 367 g/mol. The second-order valence-electron chi connectivity index (χ2n) is 6.23. The van der Waals surface area contributed by atoms with E-state index in [0.29, 0.717) is 17.5 Å². The highest BCUT2D eigenvalue weighted by molar-refractivity contribution is 5.58. The molecule has 1 saturated carbocycles. The molecule has 26 heavy (non-hydrogen) atoms. The lowest BCUT2D eigenvalue weighted by molar-refractivity contribution is -0.142. The molecule has 4 rings (SSSR count). The maximum absolute atomic E-state index is 13.7. The fourth-order valence-electron chi connectivity index (χ4n) is 2.87. The largest absolute Gasteiger partial charge is 0.434 e. The van der Waals surface area contributed by atoms with Gasteiger partial charge in [0.1, 0.15) is 5.82 Å². The SMILES string of the molecule is NC1(c2noc(-c3cnn(-c4ccc(F)cc4)c3C(F)(F)F)n2)CCC1. The molecule has 2 heterocycles. The summed E-state index contributed by atoms with van der Waals surface area (Å²) in [7, 11) is 0. The molecule has 0 radical (unpaired) electrons. The third kappa shape index (κ3) is 2.66. The molecule has 2 aromatic heterocycles. The van der Waals surface area contributed by atoms with Gasteiger partial charge in [0, 0.05) is 0 Å². The van der Waals surface area contributed by atoms with Crippen molar-refractivity contribution < 1.29 is 22.1 Å². The van der Waals surface area contributed by atoms with Gasteiger partial charge in [-0.25, -0.2) is 9.07 Å². The number of halogens is 4. The van der Waals surface area contributed by atoms with Crippen LogP contribution in [0.4, 0.5) is 17.6 Å². The van der Waals surface area contributed by atoms with Gasteiger partial charge in [-0.3, -0.25) is 0 Å². The van der Waals surface area contributed by atoms with Crippen LogP contribution >= 0.6 is 0 Å². The van der Waals surface area contributed by atoms with E-state index in [-0.39, 0.29) is 23.0 Å². The molecule has 1 fully saturated rings. The second-order valence-corrected chi connectivity index (χ2v) is 6.23. The Morgan fingerprint density at radius 2 is 1.85 bits per heavy atom. The van der Waals surface area contributed by atoms with Crippen LogP contribution in [0.25, 0.3) is 17.1 Å². The van der Waals surface area contributed by atoms with E-state index < -0.39 is 23.2 Å². The standard InChI is InChI=1S/C16H13F4N5O/c17-9-2-4-10(5-3-9)25-12(16(18,19)20)11(8-22-25)13-23-14(24-26-13)15(21)6-1-7-15/h2-5,8H,1,6-7,21H2. The zero-order valence-electron chi connectivity index (χ0n) is 13.3. The summed E-state index contributed by atoms with van der Waals surface area (Å²) in [5.74, 6) is -0.691. The Balaban J connectivity index is 1.81. The van der Waals surface area contributed by atoms with Crippen molar-refractivity contribution >= 4 is 0 Å². The van der Waals surface area contributed by atoms with E-state index in [0.717, 1.165) is 24.8 Å². The Kier molecular flexibility index (Phi) is 3.62. The topological polar surface area (TPSA) is 82.8 Å². The number of hydrogen-bond donors (Lipinski definition) is 1. The first kappa shape index (κ1) is 16.7. The highest BCUT2D eigenvalue weighted by Crippen LogP contribution is 2.40. The van der Waals surface area contributed by atoms with Crippen LogP contribution < -0.4 is 5.73 Å². The van der Waals surface area contributed by atoms with Crippen LogP contribution in [0, 0.1) is 5.82 Å². The quantitative estimate of drug-likeness (QED) is 0.718. The number of hydrogen-bond acceptors (Lipinski definition) is 5. The van der Waals surface area contributed by atoms with Gasteiger partial charge < -0.3 is 10.3 Å². The number of nitrogens with two attached hydrogens (primary N) is 1. The zero-order valence-corrected chi connectivity index (χ0v) is 13.3. The van der Waals surface area contributed by atoms with Crippen molar-refractivity contribution in [2.45, 2.75) is 31.0 Å². The maximum Gasteiger partial charge on any atom is 0.434 e. The summed E-state index contributed by atoms with van der Waals surface area (Å²) in [6.45, 7) is 0. The Bertz CT molecular complexity index is 940. The molecule has 0 saturated heterocycles. The average Bonchev–Trinajstić information content (AvgIpc) is 3.19. The highest BCUT2D eigenvalue weighted by Gasteiger charge is 2.42. The van der Waals surface area contributed by atoms with Crippen molar-refractivity contribution in [1.82, 2.24) is 19.9 Å². The molecule has 6 nitrogen and oxygen atoms in total. The molecular weight excluding hydrogens is 354 g/mol. The minimum absolute atomic E-state index is 0.0546. The molecular formula is C16H13F4N5O. The average molecular weight is 367 g/mol. The molecule has 0 spiro atoms. The van der Waals surface area contributed by atoms with Crippen LogP contribution in [0.5, 0.6) is 0 Å². The van der Waals surface area contributed by atoms with Gasteiger partial charge in [0.25, 0.3) is 5.89 Å². The van der Waals surface area contributed by atoms with Crippen molar-refractivity contribution in [3.05, 3.63) is 47.8 Å². The zero-order chi connectivity index (χ0) is 18.5. The number of rotatable bonds is 3. The lowest BCUT2D eigenvalue weighted by Gasteiger charge is -2.34. The van der Waals surface area contributed by atoms with Gasteiger partial charge in [-0.1, -0.05) is 5.16 Å². The van der Waals surface area contributed by atoms with Crippen LogP contribution in [-0.4, -0.2) is 19.9 Å². The Morgan fingerprint density at radius 1 is 1.15 bits per heavy atom. The summed E-state index contributed by atoms with van der Waals surface area (Å²) in [6.07, 6.45) is -1.56. The van der Waals surface area contributed by atoms with Crippen LogP contribution in [0.3, 0.4) is 0 Å². The highest BCUT2D eigenvalue weighted by atomic mass is 19.4. The molecule has 1 aliphatic carbocycles. The first-order valence-electron chi connectivity index (χ1n) is 7.82.